The van der Waals surface area contributed by atoms with Crippen molar-refractivity contribution in [3.05, 3.63) is 41.6 Å². The number of hydrogen-bond donors (Lipinski definition) is 1. The minimum Gasteiger partial charge on any atom is -0.382 e. The molecule has 1 aromatic carbocycles. The molecule has 1 heterocycles. The smallest absolute Gasteiger partial charge is 0.280 e. The van der Waals surface area contributed by atoms with Gasteiger partial charge in [0.25, 0.3) is 5.91 Å². The summed E-state index contributed by atoms with van der Waals surface area (Å²) in [7, 11) is 0. The van der Waals surface area contributed by atoms with Crippen molar-refractivity contribution >= 4 is 17.4 Å². The number of hydrogen-bond acceptors (Lipinski definition) is 5. The summed E-state index contributed by atoms with van der Waals surface area (Å²) >= 11 is 0. The third-order valence-corrected chi connectivity index (χ3v) is 3.47. The highest BCUT2D eigenvalue weighted by Gasteiger charge is 2.15. The molecule has 0 unspecified atom stereocenters. The first kappa shape index (κ1) is 15.6. The minimum absolute atomic E-state index is 0.0674. The molecule has 0 saturated heterocycles. The van der Waals surface area contributed by atoms with E-state index < -0.39 is 0 Å². The lowest BCUT2D eigenvalue weighted by molar-refractivity contribution is 0.0948. The molecule has 2 aromatic rings. The van der Waals surface area contributed by atoms with E-state index in [4.69, 9.17) is 11.0 Å². The zero-order chi connectivity index (χ0) is 16.1. The van der Waals surface area contributed by atoms with Crippen LogP contribution in [0.4, 0.5) is 11.5 Å². The predicted octanol–water partition coefficient (Wildman–Crippen LogP) is 2.26. The summed E-state index contributed by atoms with van der Waals surface area (Å²) in [6.45, 7) is 6.12. The first-order valence-electron chi connectivity index (χ1n) is 7.25. The van der Waals surface area contributed by atoms with Crippen LogP contribution < -0.4 is 10.6 Å². The Bertz CT molecular complexity index is 696. The molecule has 6 heteroatoms. The minimum atomic E-state index is -0.343. The molecule has 0 saturated carbocycles. The molecule has 0 bridgehead atoms. The van der Waals surface area contributed by atoms with E-state index in [1.807, 2.05) is 18.2 Å². The zero-order valence-corrected chi connectivity index (χ0v) is 12.8. The molecule has 0 fully saturated rings. The second-order valence-corrected chi connectivity index (χ2v) is 4.90. The predicted molar refractivity (Wildman–Crippen MR) is 85.7 cm³/mol. The van der Waals surface area contributed by atoms with Crippen molar-refractivity contribution in [2.24, 2.45) is 0 Å². The van der Waals surface area contributed by atoms with E-state index in [2.05, 4.69) is 23.8 Å². The van der Waals surface area contributed by atoms with Gasteiger partial charge in [-0.2, -0.15) is 15.0 Å². The Hall–Kier alpha value is -2.81. The fourth-order valence-electron chi connectivity index (χ4n) is 2.28. The lowest BCUT2D eigenvalue weighted by Crippen LogP contribution is -2.23. The number of nitriles is 1. The fraction of sp³-hybridized carbons (Fsp3) is 0.312. The average Bonchev–Trinajstić information content (AvgIpc) is 2.93. The van der Waals surface area contributed by atoms with Crippen LogP contribution in [0.25, 0.3) is 0 Å². The second kappa shape index (κ2) is 6.76. The van der Waals surface area contributed by atoms with Gasteiger partial charge in [-0.3, -0.25) is 4.79 Å². The summed E-state index contributed by atoms with van der Waals surface area (Å²) in [5.41, 5.74) is 7.50. The standard InChI is InChI=1S/C16H19N5O/c1-3-9-20(4-2)14-7-5-12(6-8-14)16(22)21-15(18)13(10-17)11-19-21/h5-8,11H,3-4,9,18H2,1-2H3. The van der Waals surface area contributed by atoms with E-state index in [1.165, 1.54) is 6.20 Å². The molecule has 0 atom stereocenters. The van der Waals surface area contributed by atoms with Gasteiger partial charge in [0.2, 0.25) is 0 Å². The molecule has 0 spiro atoms. The van der Waals surface area contributed by atoms with E-state index in [0.29, 0.717) is 5.56 Å². The average molecular weight is 297 g/mol. The van der Waals surface area contributed by atoms with Crippen LogP contribution in [0, 0.1) is 11.3 Å². The van der Waals surface area contributed by atoms with Gasteiger partial charge in [-0.25, -0.2) is 0 Å². The van der Waals surface area contributed by atoms with E-state index in [9.17, 15) is 4.79 Å². The monoisotopic (exact) mass is 297 g/mol. The molecule has 114 valence electrons. The number of rotatable bonds is 5. The van der Waals surface area contributed by atoms with Gasteiger partial charge in [0.05, 0.1) is 6.20 Å². The fourth-order valence-corrected chi connectivity index (χ4v) is 2.28. The number of carbonyl (C=O) groups excluding carboxylic acids is 1. The summed E-state index contributed by atoms with van der Waals surface area (Å²) in [5.74, 6) is -0.276. The van der Waals surface area contributed by atoms with Crippen LogP contribution in [-0.2, 0) is 0 Å². The Morgan fingerprint density at radius 3 is 2.55 bits per heavy atom. The van der Waals surface area contributed by atoms with Gasteiger partial charge in [-0.15, -0.1) is 0 Å². The summed E-state index contributed by atoms with van der Waals surface area (Å²) < 4.78 is 1.05. The number of benzene rings is 1. The molecule has 0 radical (unpaired) electrons. The van der Waals surface area contributed by atoms with Crippen LogP contribution in [0.5, 0.6) is 0 Å². The largest absolute Gasteiger partial charge is 0.382 e. The Morgan fingerprint density at radius 2 is 2.05 bits per heavy atom. The number of nitrogen functional groups attached to an aromatic ring is 1. The molecule has 0 aliphatic heterocycles. The normalized spacial score (nSPS) is 10.2. The maximum absolute atomic E-state index is 12.4. The molecular weight excluding hydrogens is 278 g/mol. The van der Waals surface area contributed by atoms with Crippen molar-refractivity contribution in [3.8, 4) is 6.07 Å². The molecule has 0 aliphatic carbocycles. The molecular formula is C16H19N5O. The quantitative estimate of drug-likeness (QED) is 0.914. The maximum atomic E-state index is 12.4. The first-order chi connectivity index (χ1) is 10.6. The Morgan fingerprint density at radius 1 is 1.36 bits per heavy atom. The molecule has 0 amide bonds. The Kier molecular flexibility index (Phi) is 4.79. The summed E-state index contributed by atoms with van der Waals surface area (Å²) in [6, 6.07) is 9.23. The molecule has 0 aliphatic rings. The molecule has 2 rings (SSSR count). The Labute approximate surface area is 129 Å². The molecule has 22 heavy (non-hydrogen) atoms. The van der Waals surface area contributed by atoms with Gasteiger partial charge >= 0.3 is 0 Å². The topological polar surface area (TPSA) is 87.9 Å². The van der Waals surface area contributed by atoms with Crippen LogP contribution in [0.3, 0.4) is 0 Å². The lowest BCUT2D eigenvalue weighted by atomic mass is 10.1. The van der Waals surface area contributed by atoms with Crippen molar-refractivity contribution in [2.75, 3.05) is 23.7 Å². The van der Waals surface area contributed by atoms with Crippen LogP contribution in [0.15, 0.2) is 30.5 Å². The highest BCUT2D eigenvalue weighted by molar-refractivity contribution is 5.97. The van der Waals surface area contributed by atoms with Gasteiger partial charge in [0.1, 0.15) is 17.5 Å². The van der Waals surface area contributed by atoms with Gasteiger partial charge in [0.15, 0.2) is 0 Å². The highest BCUT2D eigenvalue weighted by Crippen LogP contribution is 2.17. The molecule has 6 nitrogen and oxygen atoms in total. The van der Waals surface area contributed by atoms with Crippen molar-refractivity contribution in [2.45, 2.75) is 20.3 Å². The third kappa shape index (κ3) is 2.93. The number of nitrogens with two attached hydrogens (primary N) is 1. The molecule has 1 aromatic heterocycles. The third-order valence-electron chi connectivity index (χ3n) is 3.47. The SMILES string of the molecule is CCCN(CC)c1ccc(C(=O)n2ncc(C#N)c2N)cc1. The number of nitrogens with zero attached hydrogens (tertiary/aromatic N) is 4. The van der Waals surface area contributed by atoms with E-state index in [-0.39, 0.29) is 17.3 Å². The van der Waals surface area contributed by atoms with E-state index >= 15 is 0 Å². The number of anilines is 2. The first-order valence-corrected chi connectivity index (χ1v) is 7.25. The maximum Gasteiger partial charge on any atom is 0.280 e. The van der Waals surface area contributed by atoms with Crippen LogP contribution in [-0.4, -0.2) is 28.8 Å². The summed E-state index contributed by atoms with van der Waals surface area (Å²) in [4.78, 5) is 14.6. The van der Waals surface area contributed by atoms with Gasteiger partial charge < -0.3 is 10.6 Å². The van der Waals surface area contributed by atoms with Crippen LogP contribution in [0.1, 0.15) is 36.2 Å². The highest BCUT2D eigenvalue weighted by atomic mass is 16.2. The van der Waals surface area contributed by atoms with Crippen molar-refractivity contribution in [1.82, 2.24) is 9.78 Å². The van der Waals surface area contributed by atoms with Gasteiger partial charge in [-0.05, 0) is 37.6 Å². The lowest BCUT2D eigenvalue weighted by Gasteiger charge is -2.22. The van der Waals surface area contributed by atoms with E-state index in [1.54, 1.807) is 12.1 Å². The van der Waals surface area contributed by atoms with Crippen LogP contribution >= 0.6 is 0 Å². The summed E-state index contributed by atoms with van der Waals surface area (Å²) in [6.07, 6.45) is 2.36. The zero-order valence-electron chi connectivity index (χ0n) is 12.8. The summed E-state index contributed by atoms with van der Waals surface area (Å²) in [5, 5.41) is 12.7. The molecule has 2 N–H and O–H groups in total. The van der Waals surface area contributed by atoms with Crippen molar-refractivity contribution in [1.29, 1.82) is 5.26 Å². The number of carbonyl (C=O) groups is 1. The van der Waals surface area contributed by atoms with Gasteiger partial charge in [0, 0.05) is 24.3 Å². The number of aromatic nitrogens is 2. The van der Waals surface area contributed by atoms with Gasteiger partial charge in [-0.1, -0.05) is 6.92 Å². The van der Waals surface area contributed by atoms with E-state index in [0.717, 1.165) is 29.9 Å². The second-order valence-electron chi connectivity index (χ2n) is 4.90. The Balaban J connectivity index is 2.24. The van der Waals surface area contributed by atoms with Crippen molar-refractivity contribution < 1.29 is 4.79 Å². The van der Waals surface area contributed by atoms with Crippen LogP contribution in [0.2, 0.25) is 0 Å². The van der Waals surface area contributed by atoms with Crippen molar-refractivity contribution in [3.63, 3.8) is 0 Å².